The van der Waals surface area contributed by atoms with Crippen LogP contribution in [0.4, 0.5) is 0 Å². The van der Waals surface area contributed by atoms with Crippen molar-refractivity contribution in [3.63, 3.8) is 0 Å². The molecule has 0 aliphatic carbocycles. The van der Waals surface area contributed by atoms with Gasteiger partial charge in [0.15, 0.2) is 0 Å². The standard InChI is InChI=1S/C18H23Se.C3H6.C2H6/c1-5-9-13-17(8-4)19(16(6-2)7-3)18-14-11-10-12-15-18;1-3-2;1-2/h5-7,9-15H,2,8H2,1,3-4H3;3H,1H2,2H3;1-2H3/b9-5-,16-7+,17-13+;;. The summed E-state index contributed by atoms with van der Waals surface area (Å²) in [6.45, 7) is 19.7. The average molecular weight is 390 g/mol. The topological polar surface area (TPSA) is 0 Å². The largest absolute Gasteiger partial charge is 0.103 e. The normalized spacial score (nSPS) is 11.3. The van der Waals surface area contributed by atoms with Gasteiger partial charge in [-0.2, -0.15) is 0 Å². The van der Waals surface area contributed by atoms with Gasteiger partial charge in [-0.1, -0.05) is 19.9 Å². The van der Waals surface area contributed by atoms with Gasteiger partial charge in [-0.3, -0.25) is 0 Å². The van der Waals surface area contributed by atoms with Gasteiger partial charge in [-0.15, -0.1) is 6.58 Å². The Kier molecular flexibility index (Phi) is 18.3. The minimum Gasteiger partial charge on any atom is -0.103 e. The van der Waals surface area contributed by atoms with Crippen LogP contribution in [0.3, 0.4) is 0 Å². The van der Waals surface area contributed by atoms with E-state index in [1.54, 1.807) is 6.08 Å². The molecule has 0 atom stereocenters. The monoisotopic (exact) mass is 391 g/mol. The molecule has 0 spiro atoms. The Morgan fingerprint density at radius 3 is 1.96 bits per heavy atom. The first-order chi connectivity index (χ1) is 11.7. The van der Waals surface area contributed by atoms with E-state index in [4.69, 9.17) is 0 Å². The molecule has 133 valence electrons. The molecule has 0 nitrogen and oxygen atoms in total. The summed E-state index contributed by atoms with van der Waals surface area (Å²) in [6.07, 6.45) is 13.6. The zero-order chi connectivity index (χ0) is 18.8. The summed E-state index contributed by atoms with van der Waals surface area (Å²) in [4.78, 5) is 0. The van der Waals surface area contributed by atoms with Crippen LogP contribution in [0.1, 0.15) is 48.0 Å². The molecule has 0 aliphatic heterocycles. The second-order valence-electron chi connectivity index (χ2n) is 4.43. The molecular weight excluding hydrogens is 355 g/mol. The summed E-state index contributed by atoms with van der Waals surface area (Å²) in [5.41, 5.74) is 0. The molecule has 1 rings (SSSR count). The van der Waals surface area contributed by atoms with Gasteiger partial charge in [0.2, 0.25) is 0 Å². The van der Waals surface area contributed by atoms with Crippen LogP contribution in [0, 0.1) is 0 Å². The van der Waals surface area contributed by atoms with Crippen molar-refractivity contribution < 1.29 is 0 Å². The molecule has 0 amide bonds. The minimum absolute atomic E-state index is 1.09. The summed E-state index contributed by atoms with van der Waals surface area (Å²) in [6, 6.07) is 10.8. The van der Waals surface area contributed by atoms with Crippen LogP contribution >= 0.6 is 0 Å². The Bertz CT molecular complexity index is 518. The maximum absolute atomic E-state index is 3.99. The molecule has 0 aliphatic rings. The van der Waals surface area contributed by atoms with E-state index in [9.17, 15) is 0 Å². The maximum Gasteiger partial charge on any atom is -0.0473 e. The number of rotatable bonds is 6. The van der Waals surface area contributed by atoms with E-state index in [-0.39, 0.29) is 0 Å². The molecule has 0 saturated carbocycles. The summed E-state index contributed by atoms with van der Waals surface area (Å²) in [7, 11) is 0. The van der Waals surface area contributed by atoms with Crippen molar-refractivity contribution in [2.24, 2.45) is 0 Å². The van der Waals surface area contributed by atoms with E-state index in [0.717, 1.165) is 6.42 Å². The molecule has 0 heterocycles. The molecule has 0 unspecified atom stereocenters. The van der Waals surface area contributed by atoms with Crippen molar-refractivity contribution in [1.82, 2.24) is 0 Å². The second-order valence-corrected chi connectivity index (χ2v) is 8.80. The fraction of sp³-hybridized carbons (Fsp3) is 0.304. The van der Waals surface area contributed by atoms with E-state index in [2.05, 4.69) is 88.6 Å². The third kappa shape index (κ3) is 9.55. The predicted octanol–water partition coefficient (Wildman–Crippen LogP) is 6.73. The average Bonchev–Trinajstić information content (AvgIpc) is 2.64. The third-order valence-corrected chi connectivity index (χ3v) is 8.17. The smallest absolute Gasteiger partial charge is 0.0473 e. The molecule has 0 fully saturated rings. The Morgan fingerprint density at radius 1 is 1.04 bits per heavy atom. The fourth-order valence-corrected chi connectivity index (χ4v) is 6.49. The first-order valence-corrected chi connectivity index (χ1v) is 11.2. The molecule has 1 heteroatoms. The van der Waals surface area contributed by atoms with Gasteiger partial charge in [0, 0.05) is 0 Å². The van der Waals surface area contributed by atoms with Crippen LogP contribution in [0.15, 0.2) is 88.9 Å². The van der Waals surface area contributed by atoms with Crippen molar-refractivity contribution >= 4 is 18.4 Å². The maximum atomic E-state index is 3.99. The van der Waals surface area contributed by atoms with E-state index < -0.39 is 13.9 Å². The van der Waals surface area contributed by atoms with Crippen molar-refractivity contribution in [2.75, 3.05) is 0 Å². The molecule has 1 aromatic carbocycles. The number of hydrogen-bond acceptors (Lipinski definition) is 0. The fourth-order valence-electron chi connectivity index (χ4n) is 1.85. The SMILES string of the molecule is C=C/C(=C\C)[Se](/C(=C/C=C\C)CC)c1ccccc1.C=CC.CC. The van der Waals surface area contributed by atoms with Crippen molar-refractivity contribution in [2.45, 2.75) is 48.0 Å². The number of hydrogen-bond donors (Lipinski definition) is 0. The second kappa shape index (κ2) is 17.8. The molecule has 1 aromatic rings. The Labute approximate surface area is 155 Å². The minimum atomic E-state index is -1.14. The van der Waals surface area contributed by atoms with Crippen molar-refractivity contribution in [1.29, 1.82) is 0 Å². The third-order valence-electron chi connectivity index (χ3n) is 2.79. The zero-order valence-electron chi connectivity index (χ0n) is 16.4. The van der Waals surface area contributed by atoms with Crippen LogP contribution in [0.5, 0.6) is 0 Å². The summed E-state index contributed by atoms with van der Waals surface area (Å²) >= 11 is -1.14. The van der Waals surface area contributed by atoms with Crippen LogP contribution < -0.4 is 4.46 Å². The summed E-state index contributed by atoms with van der Waals surface area (Å²) in [5.74, 6) is 0. The molecule has 0 aromatic heterocycles. The van der Waals surface area contributed by atoms with Gasteiger partial charge < -0.3 is 0 Å². The summed E-state index contributed by atoms with van der Waals surface area (Å²) < 4.78 is 4.38. The van der Waals surface area contributed by atoms with Crippen LogP contribution in [-0.2, 0) is 0 Å². The van der Waals surface area contributed by atoms with E-state index >= 15 is 0 Å². The molecular formula is C23H35Se. The van der Waals surface area contributed by atoms with Gasteiger partial charge in [-0.05, 0) is 6.92 Å². The Morgan fingerprint density at radius 2 is 1.58 bits per heavy atom. The molecule has 0 N–H and O–H groups in total. The van der Waals surface area contributed by atoms with Gasteiger partial charge in [-0.25, -0.2) is 0 Å². The molecule has 0 saturated heterocycles. The zero-order valence-corrected chi connectivity index (χ0v) is 18.1. The predicted molar refractivity (Wildman–Crippen MR) is 116 cm³/mol. The van der Waals surface area contributed by atoms with Crippen LogP contribution in [0.25, 0.3) is 0 Å². The van der Waals surface area contributed by atoms with Crippen LogP contribution in [0.2, 0.25) is 0 Å². The Hall–Kier alpha value is -1.56. The summed E-state index contributed by atoms with van der Waals surface area (Å²) in [5, 5.41) is 0. The van der Waals surface area contributed by atoms with Crippen molar-refractivity contribution in [3.8, 4) is 0 Å². The molecule has 1 radical (unpaired) electrons. The van der Waals surface area contributed by atoms with E-state index in [0.29, 0.717) is 0 Å². The van der Waals surface area contributed by atoms with Gasteiger partial charge in [0.1, 0.15) is 0 Å². The van der Waals surface area contributed by atoms with Gasteiger partial charge in [0.25, 0.3) is 0 Å². The first-order valence-electron chi connectivity index (χ1n) is 8.66. The number of benzene rings is 1. The van der Waals surface area contributed by atoms with Crippen LogP contribution in [-0.4, -0.2) is 13.9 Å². The first kappa shape index (κ1) is 24.7. The van der Waals surface area contributed by atoms with Gasteiger partial charge in [0.05, 0.1) is 0 Å². The molecule has 24 heavy (non-hydrogen) atoms. The van der Waals surface area contributed by atoms with Crippen molar-refractivity contribution in [3.05, 3.63) is 88.9 Å². The van der Waals surface area contributed by atoms with Gasteiger partial charge >= 0.3 is 122 Å². The van der Waals surface area contributed by atoms with E-state index in [1.807, 2.05) is 26.8 Å². The number of allylic oxidation sites excluding steroid dienone is 8. The molecule has 0 bridgehead atoms. The van der Waals surface area contributed by atoms with E-state index in [1.165, 1.54) is 13.4 Å². The Balaban J connectivity index is 0. The quantitative estimate of drug-likeness (QED) is 0.287.